The molecule has 19 heavy (non-hydrogen) atoms. The highest BCUT2D eigenvalue weighted by molar-refractivity contribution is 5.86. The van der Waals surface area contributed by atoms with Crippen molar-refractivity contribution < 1.29 is 24.6 Å². The van der Waals surface area contributed by atoms with E-state index in [2.05, 4.69) is 5.32 Å². The van der Waals surface area contributed by atoms with Crippen LogP contribution >= 0.6 is 0 Å². The lowest BCUT2D eigenvalue weighted by Crippen LogP contribution is -2.53. The highest BCUT2D eigenvalue weighted by Gasteiger charge is 2.57. The van der Waals surface area contributed by atoms with Gasteiger partial charge in [-0.25, -0.2) is 0 Å². The van der Waals surface area contributed by atoms with Crippen molar-refractivity contribution in [3.05, 3.63) is 0 Å². The van der Waals surface area contributed by atoms with Crippen molar-refractivity contribution in [2.75, 3.05) is 7.05 Å². The van der Waals surface area contributed by atoms with Crippen LogP contribution in [0.15, 0.2) is 0 Å². The van der Waals surface area contributed by atoms with Gasteiger partial charge in [-0.15, -0.1) is 0 Å². The van der Waals surface area contributed by atoms with Crippen molar-refractivity contribution in [3.63, 3.8) is 0 Å². The maximum Gasteiger partial charge on any atom is 0.309 e. The van der Waals surface area contributed by atoms with Gasteiger partial charge in [-0.2, -0.15) is 0 Å². The minimum atomic E-state index is -1.22. The molecule has 0 saturated heterocycles. The van der Waals surface area contributed by atoms with Crippen molar-refractivity contribution in [2.45, 2.75) is 40.0 Å². The number of rotatable bonds is 3. The molecule has 1 amide bonds. The monoisotopic (exact) mass is 271 g/mol. The third-order valence-electron chi connectivity index (χ3n) is 4.15. The number of nitrogens with one attached hydrogen (secondary N) is 1. The quantitative estimate of drug-likeness (QED) is 0.713. The van der Waals surface area contributed by atoms with Crippen LogP contribution in [-0.2, 0) is 14.4 Å². The molecule has 0 aromatic rings. The fraction of sp³-hybridized carbons (Fsp3) is 0.769. The Bertz CT molecular complexity index is 405. The number of carboxylic acid groups (broad SMARTS) is 2. The number of hydrogen-bond donors (Lipinski definition) is 3. The molecule has 108 valence electrons. The van der Waals surface area contributed by atoms with E-state index in [1.165, 1.54) is 20.9 Å². The van der Waals surface area contributed by atoms with Crippen LogP contribution in [0.5, 0.6) is 0 Å². The molecular formula is C13H21NO5. The number of carbonyl (C=O) groups is 3. The van der Waals surface area contributed by atoms with Gasteiger partial charge in [0.25, 0.3) is 0 Å². The van der Waals surface area contributed by atoms with Gasteiger partial charge in [-0.1, -0.05) is 6.92 Å². The van der Waals surface area contributed by atoms with E-state index in [0.717, 1.165) is 0 Å². The fourth-order valence-corrected chi connectivity index (χ4v) is 3.54. The number of amides is 1. The third-order valence-corrected chi connectivity index (χ3v) is 4.15. The van der Waals surface area contributed by atoms with Crippen LogP contribution in [0.2, 0.25) is 0 Å². The van der Waals surface area contributed by atoms with Gasteiger partial charge in [-0.05, 0) is 33.1 Å². The Morgan fingerprint density at radius 1 is 0.842 bits per heavy atom. The first kappa shape index (κ1) is 15.5. The zero-order chi connectivity index (χ0) is 15.1. The summed E-state index contributed by atoms with van der Waals surface area (Å²) in [7, 11) is 1.47. The molecule has 1 aliphatic carbocycles. The molecule has 0 bridgehead atoms. The second-order valence-electron chi connectivity index (χ2n) is 6.40. The Labute approximate surface area is 112 Å². The zero-order valence-corrected chi connectivity index (χ0v) is 11.7. The molecule has 1 saturated carbocycles. The van der Waals surface area contributed by atoms with Gasteiger partial charge in [0.1, 0.15) is 0 Å². The predicted molar refractivity (Wildman–Crippen MR) is 67.5 cm³/mol. The molecule has 1 aliphatic rings. The minimum absolute atomic E-state index is 0.0251. The Balaban J connectivity index is 3.29. The van der Waals surface area contributed by atoms with Crippen LogP contribution < -0.4 is 5.32 Å². The lowest BCUT2D eigenvalue weighted by molar-refractivity contribution is -0.169. The van der Waals surface area contributed by atoms with E-state index < -0.39 is 28.2 Å². The lowest BCUT2D eigenvalue weighted by Gasteiger charge is -2.48. The van der Waals surface area contributed by atoms with Gasteiger partial charge in [0.05, 0.1) is 10.8 Å². The van der Waals surface area contributed by atoms with Crippen LogP contribution in [0, 0.1) is 16.2 Å². The van der Waals surface area contributed by atoms with Crippen LogP contribution in [0.4, 0.5) is 0 Å². The van der Waals surface area contributed by atoms with E-state index in [9.17, 15) is 24.6 Å². The second-order valence-corrected chi connectivity index (χ2v) is 6.40. The maximum atomic E-state index is 12.0. The molecule has 1 rings (SSSR count). The van der Waals surface area contributed by atoms with Crippen molar-refractivity contribution in [1.29, 1.82) is 0 Å². The summed E-state index contributed by atoms with van der Waals surface area (Å²) in [5.41, 5.74) is -3.42. The summed E-state index contributed by atoms with van der Waals surface area (Å²) in [6.07, 6.45) is 0.299. The summed E-state index contributed by atoms with van der Waals surface area (Å²) in [6, 6.07) is 0. The standard InChI is InChI=1S/C13H21NO5/c1-11(8(15)14-4)5-12(2,9(16)17)7-13(3,6-11)10(18)19/h5-7H2,1-4H3,(H,14,15)(H,16,17)(H,18,19). The third kappa shape index (κ3) is 2.57. The molecule has 2 unspecified atom stereocenters. The van der Waals surface area contributed by atoms with E-state index in [1.54, 1.807) is 6.92 Å². The number of aliphatic carboxylic acids is 2. The summed E-state index contributed by atoms with van der Waals surface area (Å²) in [4.78, 5) is 34.9. The van der Waals surface area contributed by atoms with Gasteiger partial charge in [-0.3, -0.25) is 14.4 Å². The number of carbonyl (C=O) groups excluding carboxylic acids is 1. The summed E-state index contributed by atoms with van der Waals surface area (Å²) in [5.74, 6) is -2.43. The molecule has 0 heterocycles. The van der Waals surface area contributed by atoms with Crippen molar-refractivity contribution >= 4 is 17.8 Å². The maximum absolute atomic E-state index is 12.0. The minimum Gasteiger partial charge on any atom is -0.481 e. The molecule has 6 heteroatoms. The molecule has 2 atom stereocenters. The van der Waals surface area contributed by atoms with Crippen LogP contribution in [0.25, 0.3) is 0 Å². The highest BCUT2D eigenvalue weighted by Crippen LogP contribution is 2.54. The van der Waals surface area contributed by atoms with Gasteiger partial charge in [0, 0.05) is 12.5 Å². The zero-order valence-electron chi connectivity index (χ0n) is 11.7. The highest BCUT2D eigenvalue weighted by atomic mass is 16.4. The Hall–Kier alpha value is -1.59. The van der Waals surface area contributed by atoms with E-state index in [0.29, 0.717) is 0 Å². The predicted octanol–water partition coefficient (Wildman–Crippen LogP) is 1.10. The SMILES string of the molecule is CNC(=O)C1(C)CC(C)(C(=O)O)CC(C)(C(=O)O)C1. The topological polar surface area (TPSA) is 104 Å². The van der Waals surface area contributed by atoms with Crippen LogP contribution in [0.3, 0.4) is 0 Å². The largest absolute Gasteiger partial charge is 0.481 e. The first-order chi connectivity index (χ1) is 8.49. The van der Waals surface area contributed by atoms with E-state index >= 15 is 0 Å². The summed E-state index contributed by atoms with van der Waals surface area (Å²) >= 11 is 0. The van der Waals surface area contributed by atoms with E-state index in [-0.39, 0.29) is 25.2 Å². The van der Waals surface area contributed by atoms with E-state index in [4.69, 9.17) is 0 Å². The average molecular weight is 271 g/mol. The van der Waals surface area contributed by atoms with Crippen molar-refractivity contribution in [3.8, 4) is 0 Å². The Morgan fingerprint density at radius 2 is 1.16 bits per heavy atom. The number of hydrogen-bond acceptors (Lipinski definition) is 3. The van der Waals surface area contributed by atoms with E-state index in [1.807, 2.05) is 0 Å². The lowest BCUT2D eigenvalue weighted by atomic mass is 9.54. The van der Waals surface area contributed by atoms with Crippen LogP contribution in [-0.4, -0.2) is 35.1 Å². The first-order valence-electron chi connectivity index (χ1n) is 6.18. The van der Waals surface area contributed by atoms with Gasteiger partial charge >= 0.3 is 11.9 Å². The molecule has 0 aliphatic heterocycles. The molecule has 0 spiro atoms. The molecule has 1 fully saturated rings. The summed E-state index contributed by atoms with van der Waals surface area (Å²) in [6.45, 7) is 4.65. The van der Waals surface area contributed by atoms with Crippen LogP contribution in [0.1, 0.15) is 40.0 Å². The first-order valence-corrected chi connectivity index (χ1v) is 6.18. The molecule has 6 nitrogen and oxygen atoms in total. The Kier molecular flexibility index (Phi) is 3.67. The normalized spacial score (nSPS) is 38.5. The molecule has 0 aromatic carbocycles. The Morgan fingerprint density at radius 3 is 1.42 bits per heavy atom. The van der Waals surface area contributed by atoms with Gasteiger partial charge in [0.15, 0.2) is 0 Å². The smallest absolute Gasteiger partial charge is 0.309 e. The molecular weight excluding hydrogens is 250 g/mol. The summed E-state index contributed by atoms with van der Waals surface area (Å²) in [5, 5.41) is 21.3. The molecule has 0 radical (unpaired) electrons. The molecule has 3 N–H and O–H groups in total. The molecule has 0 aromatic heterocycles. The van der Waals surface area contributed by atoms with Crippen molar-refractivity contribution in [2.24, 2.45) is 16.2 Å². The number of carboxylic acids is 2. The van der Waals surface area contributed by atoms with Gasteiger partial charge < -0.3 is 15.5 Å². The second kappa shape index (κ2) is 4.51. The fourth-order valence-electron chi connectivity index (χ4n) is 3.54. The van der Waals surface area contributed by atoms with Gasteiger partial charge in [0.2, 0.25) is 5.91 Å². The van der Waals surface area contributed by atoms with Crippen molar-refractivity contribution in [1.82, 2.24) is 5.32 Å². The average Bonchev–Trinajstić information content (AvgIpc) is 2.25. The summed E-state index contributed by atoms with van der Waals surface area (Å²) < 4.78 is 0.